The molecule has 2 rings (SSSR count). The molecule has 0 aromatic carbocycles. The molecule has 2 aliphatic carbocycles. The van der Waals surface area contributed by atoms with Crippen molar-refractivity contribution in [2.75, 3.05) is 0 Å². The Labute approximate surface area is 87.9 Å². The number of rotatable bonds is 0. The average Bonchev–Trinajstić information content (AvgIpc) is 2.13. The van der Waals surface area contributed by atoms with Gasteiger partial charge in [0.2, 0.25) is 0 Å². The first-order valence-corrected chi connectivity index (χ1v) is 6.15. The normalized spacial score (nSPS) is 47.1. The molecule has 0 bridgehead atoms. The van der Waals surface area contributed by atoms with E-state index in [2.05, 4.69) is 20.8 Å². The van der Waals surface area contributed by atoms with Gasteiger partial charge in [-0.1, -0.05) is 33.6 Å². The molecule has 0 unspecified atom stereocenters. The first-order valence-electron chi connectivity index (χ1n) is 6.15. The third kappa shape index (κ3) is 1.41. The van der Waals surface area contributed by atoms with Gasteiger partial charge in [-0.05, 0) is 42.4 Å². The molecule has 1 N–H and O–H groups in total. The predicted octanol–water partition coefficient (Wildman–Crippen LogP) is 3.36. The quantitative estimate of drug-likeness (QED) is 0.630. The highest BCUT2D eigenvalue weighted by atomic mass is 16.3. The second-order valence-electron chi connectivity index (χ2n) is 6.33. The Hall–Kier alpha value is -0.0400. The standard InChI is InChI=1S/C13H24O/c1-12(2)10-6-4-5-8-13(10,3)9-7-11(12)14/h10-11,14H,4-9H2,1-3H3/t10-,11-,13-/m0/s1. The first-order chi connectivity index (χ1) is 6.47. The van der Waals surface area contributed by atoms with Gasteiger partial charge in [0, 0.05) is 0 Å². The SMILES string of the molecule is CC1(C)[C@@H](O)CC[C@]2(C)CCCC[C@@H]12. The minimum atomic E-state index is -0.0707. The molecule has 3 atom stereocenters. The molecule has 2 aliphatic rings. The van der Waals surface area contributed by atoms with Crippen LogP contribution >= 0.6 is 0 Å². The van der Waals surface area contributed by atoms with Gasteiger partial charge in [0.25, 0.3) is 0 Å². The Kier molecular flexibility index (Phi) is 2.42. The van der Waals surface area contributed by atoms with Crippen molar-refractivity contribution >= 4 is 0 Å². The zero-order valence-corrected chi connectivity index (χ0v) is 9.84. The smallest absolute Gasteiger partial charge is 0.0594 e. The summed E-state index contributed by atoms with van der Waals surface area (Å²) in [7, 11) is 0. The Morgan fingerprint density at radius 3 is 2.43 bits per heavy atom. The van der Waals surface area contributed by atoms with E-state index in [1.807, 2.05) is 0 Å². The van der Waals surface area contributed by atoms with Gasteiger partial charge in [0.1, 0.15) is 0 Å². The molecule has 0 amide bonds. The summed E-state index contributed by atoms with van der Waals surface area (Å²) in [6, 6.07) is 0. The number of aliphatic hydroxyl groups excluding tert-OH is 1. The third-order valence-electron chi connectivity index (χ3n) is 5.08. The van der Waals surface area contributed by atoms with Gasteiger partial charge in [-0.2, -0.15) is 0 Å². The van der Waals surface area contributed by atoms with E-state index in [9.17, 15) is 5.11 Å². The van der Waals surface area contributed by atoms with Crippen LogP contribution in [0.5, 0.6) is 0 Å². The van der Waals surface area contributed by atoms with Crippen LogP contribution in [0.4, 0.5) is 0 Å². The van der Waals surface area contributed by atoms with Crippen molar-refractivity contribution in [3.05, 3.63) is 0 Å². The lowest BCUT2D eigenvalue weighted by Gasteiger charge is -2.55. The molecule has 82 valence electrons. The number of fused-ring (bicyclic) bond motifs is 1. The van der Waals surface area contributed by atoms with Gasteiger partial charge in [-0.25, -0.2) is 0 Å². The van der Waals surface area contributed by atoms with Gasteiger partial charge < -0.3 is 5.11 Å². The molecule has 0 aliphatic heterocycles. The Balaban J connectivity index is 2.26. The molecule has 0 saturated heterocycles. The maximum absolute atomic E-state index is 10.1. The lowest BCUT2D eigenvalue weighted by atomic mass is 9.51. The summed E-state index contributed by atoms with van der Waals surface area (Å²) in [5, 5.41) is 10.1. The largest absolute Gasteiger partial charge is 0.393 e. The van der Waals surface area contributed by atoms with Crippen LogP contribution in [0, 0.1) is 16.7 Å². The van der Waals surface area contributed by atoms with E-state index in [-0.39, 0.29) is 11.5 Å². The van der Waals surface area contributed by atoms with Crippen molar-refractivity contribution in [2.24, 2.45) is 16.7 Å². The summed E-state index contributed by atoms with van der Waals surface area (Å²) in [5.74, 6) is 0.743. The second kappa shape index (κ2) is 3.23. The molecule has 14 heavy (non-hydrogen) atoms. The van der Waals surface area contributed by atoms with Gasteiger partial charge in [0.05, 0.1) is 6.10 Å². The van der Waals surface area contributed by atoms with Gasteiger partial charge in [0.15, 0.2) is 0 Å². The van der Waals surface area contributed by atoms with Crippen LogP contribution in [0.2, 0.25) is 0 Å². The molecule has 0 radical (unpaired) electrons. The van der Waals surface area contributed by atoms with E-state index >= 15 is 0 Å². The molecule has 0 aromatic rings. The summed E-state index contributed by atoms with van der Waals surface area (Å²) < 4.78 is 0. The summed E-state index contributed by atoms with van der Waals surface area (Å²) in [5.41, 5.74) is 0.675. The Morgan fingerprint density at radius 2 is 1.71 bits per heavy atom. The zero-order chi connectivity index (χ0) is 10.4. The highest BCUT2D eigenvalue weighted by Gasteiger charge is 2.51. The van der Waals surface area contributed by atoms with Gasteiger partial charge in [-0.15, -0.1) is 0 Å². The van der Waals surface area contributed by atoms with Crippen molar-refractivity contribution in [1.82, 2.24) is 0 Å². The van der Waals surface area contributed by atoms with Crippen molar-refractivity contribution in [3.8, 4) is 0 Å². The lowest BCUT2D eigenvalue weighted by molar-refractivity contribution is -0.112. The molecular formula is C13H24O. The van der Waals surface area contributed by atoms with E-state index in [0.29, 0.717) is 5.41 Å². The van der Waals surface area contributed by atoms with Crippen LogP contribution in [0.25, 0.3) is 0 Å². The molecule has 1 nitrogen and oxygen atoms in total. The molecule has 2 fully saturated rings. The topological polar surface area (TPSA) is 20.2 Å². The van der Waals surface area contributed by atoms with Crippen molar-refractivity contribution in [3.63, 3.8) is 0 Å². The van der Waals surface area contributed by atoms with E-state index in [1.165, 1.54) is 32.1 Å². The zero-order valence-electron chi connectivity index (χ0n) is 9.84. The minimum Gasteiger partial charge on any atom is -0.393 e. The monoisotopic (exact) mass is 196 g/mol. The highest BCUT2D eigenvalue weighted by Crippen LogP contribution is 2.57. The number of hydrogen-bond acceptors (Lipinski definition) is 1. The van der Waals surface area contributed by atoms with Crippen molar-refractivity contribution < 1.29 is 5.11 Å². The first kappa shape index (κ1) is 10.5. The molecule has 0 heterocycles. The summed E-state index contributed by atoms with van der Waals surface area (Å²) in [4.78, 5) is 0. The van der Waals surface area contributed by atoms with Crippen LogP contribution < -0.4 is 0 Å². The van der Waals surface area contributed by atoms with Gasteiger partial charge in [-0.3, -0.25) is 0 Å². The minimum absolute atomic E-state index is 0.0707. The van der Waals surface area contributed by atoms with Crippen LogP contribution in [0.3, 0.4) is 0 Å². The maximum atomic E-state index is 10.1. The predicted molar refractivity (Wildman–Crippen MR) is 59.1 cm³/mol. The van der Waals surface area contributed by atoms with E-state index in [0.717, 1.165) is 12.3 Å². The maximum Gasteiger partial charge on any atom is 0.0594 e. The van der Waals surface area contributed by atoms with E-state index < -0.39 is 0 Å². The highest BCUT2D eigenvalue weighted by molar-refractivity contribution is 5.01. The number of hydrogen-bond donors (Lipinski definition) is 1. The molecular weight excluding hydrogens is 172 g/mol. The van der Waals surface area contributed by atoms with E-state index in [4.69, 9.17) is 0 Å². The summed E-state index contributed by atoms with van der Waals surface area (Å²) in [6.45, 7) is 6.99. The lowest BCUT2D eigenvalue weighted by Crippen LogP contribution is -2.51. The van der Waals surface area contributed by atoms with E-state index in [1.54, 1.807) is 0 Å². The van der Waals surface area contributed by atoms with Crippen LogP contribution in [0.15, 0.2) is 0 Å². The van der Waals surface area contributed by atoms with Crippen LogP contribution in [-0.4, -0.2) is 11.2 Å². The van der Waals surface area contributed by atoms with Crippen molar-refractivity contribution in [2.45, 2.75) is 65.4 Å². The Bertz CT molecular complexity index is 217. The average molecular weight is 196 g/mol. The third-order valence-corrected chi connectivity index (χ3v) is 5.08. The fourth-order valence-corrected chi connectivity index (χ4v) is 4.04. The second-order valence-corrected chi connectivity index (χ2v) is 6.33. The van der Waals surface area contributed by atoms with Crippen LogP contribution in [0.1, 0.15) is 59.3 Å². The summed E-state index contributed by atoms with van der Waals surface area (Å²) >= 11 is 0. The fraction of sp³-hybridized carbons (Fsp3) is 1.00. The summed E-state index contributed by atoms with van der Waals surface area (Å²) in [6.07, 6.45) is 7.67. The van der Waals surface area contributed by atoms with Crippen molar-refractivity contribution in [1.29, 1.82) is 0 Å². The molecule has 1 heteroatoms. The molecule has 2 saturated carbocycles. The fourth-order valence-electron chi connectivity index (χ4n) is 4.04. The Morgan fingerprint density at radius 1 is 1.00 bits per heavy atom. The molecule has 0 aromatic heterocycles. The number of aliphatic hydroxyl groups is 1. The van der Waals surface area contributed by atoms with Gasteiger partial charge >= 0.3 is 0 Å². The van der Waals surface area contributed by atoms with Crippen LogP contribution in [-0.2, 0) is 0 Å². The molecule has 0 spiro atoms.